The van der Waals surface area contributed by atoms with Crippen molar-refractivity contribution < 1.29 is 10.2 Å². The predicted molar refractivity (Wildman–Crippen MR) is 48.9 cm³/mol. The lowest BCUT2D eigenvalue weighted by atomic mass is 9.83. The van der Waals surface area contributed by atoms with E-state index in [0.29, 0.717) is 12.0 Å². The topological polar surface area (TPSA) is 66.5 Å². The Kier molecular flexibility index (Phi) is 1.87. The van der Waals surface area contributed by atoms with Crippen LogP contribution in [0.15, 0.2) is 24.3 Å². The fourth-order valence-corrected chi connectivity index (χ4v) is 1.81. The molecule has 0 spiro atoms. The Hall–Kier alpha value is -0.900. The maximum absolute atomic E-state index is 9.73. The van der Waals surface area contributed by atoms with E-state index in [4.69, 9.17) is 5.73 Å². The van der Waals surface area contributed by atoms with Gasteiger partial charge in [0.1, 0.15) is 0 Å². The zero-order chi connectivity index (χ0) is 9.47. The summed E-state index contributed by atoms with van der Waals surface area (Å²) in [7, 11) is 0. The predicted octanol–water partition coefficient (Wildman–Crippen LogP) is 0.0975. The van der Waals surface area contributed by atoms with Gasteiger partial charge in [0.15, 0.2) is 0 Å². The van der Waals surface area contributed by atoms with Crippen molar-refractivity contribution in [3.8, 4) is 0 Å². The molecule has 1 aromatic rings. The average Bonchev–Trinajstić information content (AvgIpc) is 2.13. The fraction of sp³-hybridized carbons (Fsp3) is 0.400. The molecule has 0 saturated heterocycles. The highest BCUT2D eigenvalue weighted by atomic mass is 16.5. The van der Waals surface area contributed by atoms with Crippen LogP contribution in [0.3, 0.4) is 0 Å². The van der Waals surface area contributed by atoms with Crippen molar-refractivity contribution >= 4 is 0 Å². The zero-order valence-corrected chi connectivity index (χ0v) is 7.27. The highest BCUT2D eigenvalue weighted by molar-refractivity contribution is 5.34. The monoisotopic (exact) mass is 179 g/mol. The van der Waals surface area contributed by atoms with Gasteiger partial charge >= 0.3 is 0 Å². The van der Waals surface area contributed by atoms with Crippen molar-refractivity contribution in [3.63, 3.8) is 0 Å². The standard InChI is InChI=1S/C10H13NO2/c11-9-6-5-7-3-1-2-4-8(7)10(9,12)13/h1-4,9,12-13H,5-6,11H2. The molecule has 3 heteroatoms. The lowest BCUT2D eigenvalue weighted by Crippen LogP contribution is -2.48. The molecule has 1 aliphatic carbocycles. The minimum Gasteiger partial charge on any atom is -0.361 e. The van der Waals surface area contributed by atoms with Gasteiger partial charge in [-0.2, -0.15) is 0 Å². The van der Waals surface area contributed by atoms with E-state index in [1.165, 1.54) is 0 Å². The number of rotatable bonds is 0. The molecule has 70 valence electrons. The molecule has 0 bridgehead atoms. The largest absolute Gasteiger partial charge is 0.361 e. The molecule has 4 N–H and O–H groups in total. The molecule has 0 aliphatic heterocycles. The van der Waals surface area contributed by atoms with Crippen LogP contribution in [0.5, 0.6) is 0 Å². The van der Waals surface area contributed by atoms with Gasteiger partial charge < -0.3 is 15.9 Å². The summed E-state index contributed by atoms with van der Waals surface area (Å²) in [6.45, 7) is 0. The summed E-state index contributed by atoms with van der Waals surface area (Å²) in [5, 5.41) is 19.5. The van der Waals surface area contributed by atoms with Gasteiger partial charge in [0.05, 0.1) is 6.04 Å². The van der Waals surface area contributed by atoms with E-state index in [-0.39, 0.29) is 0 Å². The van der Waals surface area contributed by atoms with Crippen LogP contribution in [-0.2, 0) is 12.2 Å². The van der Waals surface area contributed by atoms with Gasteiger partial charge in [0.2, 0.25) is 5.79 Å². The molecule has 0 saturated carbocycles. The van der Waals surface area contributed by atoms with Crippen LogP contribution in [-0.4, -0.2) is 16.3 Å². The van der Waals surface area contributed by atoms with Crippen molar-refractivity contribution in [3.05, 3.63) is 35.4 Å². The molecular formula is C10H13NO2. The highest BCUT2D eigenvalue weighted by Crippen LogP contribution is 2.31. The molecule has 1 unspecified atom stereocenters. The Labute approximate surface area is 76.8 Å². The number of nitrogens with two attached hydrogens (primary N) is 1. The minimum atomic E-state index is -1.85. The third-order valence-electron chi connectivity index (χ3n) is 2.66. The van der Waals surface area contributed by atoms with Crippen molar-refractivity contribution in [2.75, 3.05) is 0 Å². The zero-order valence-electron chi connectivity index (χ0n) is 7.27. The second-order valence-electron chi connectivity index (χ2n) is 3.53. The van der Waals surface area contributed by atoms with Crippen LogP contribution in [0.1, 0.15) is 17.5 Å². The van der Waals surface area contributed by atoms with Crippen LogP contribution < -0.4 is 5.73 Å². The first-order valence-electron chi connectivity index (χ1n) is 4.41. The molecule has 0 fully saturated rings. The number of benzene rings is 1. The van der Waals surface area contributed by atoms with Crippen LogP contribution in [0.4, 0.5) is 0 Å². The highest BCUT2D eigenvalue weighted by Gasteiger charge is 2.38. The van der Waals surface area contributed by atoms with E-state index in [0.717, 1.165) is 12.0 Å². The van der Waals surface area contributed by atoms with Crippen molar-refractivity contribution in [1.29, 1.82) is 0 Å². The Bertz CT molecular complexity index is 322. The van der Waals surface area contributed by atoms with Gasteiger partial charge in [-0.05, 0) is 18.4 Å². The van der Waals surface area contributed by atoms with E-state index in [2.05, 4.69) is 0 Å². The molecule has 1 aliphatic rings. The Morgan fingerprint density at radius 2 is 2.00 bits per heavy atom. The Morgan fingerprint density at radius 3 is 2.77 bits per heavy atom. The Balaban J connectivity index is 2.52. The van der Waals surface area contributed by atoms with E-state index < -0.39 is 11.8 Å². The summed E-state index contributed by atoms with van der Waals surface area (Å²) in [4.78, 5) is 0. The molecule has 3 nitrogen and oxygen atoms in total. The van der Waals surface area contributed by atoms with E-state index in [1.54, 1.807) is 12.1 Å². The molecule has 1 atom stereocenters. The minimum absolute atomic E-state index is 0.550. The van der Waals surface area contributed by atoms with Gasteiger partial charge in [-0.15, -0.1) is 0 Å². The summed E-state index contributed by atoms with van der Waals surface area (Å²) >= 11 is 0. The number of hydrogen-bond donors (Lipinski definition) is 3. The maximum Gasteiger partial charge on any atom is 0.205 e. The van der Waals surface area contributed by atoms with E-state index >= 15 is 0 Å². The van der Waals surface area contributed by atoms with Gasteiger partial charge in [0.25, 0.3) is 0 Å². The summed E-state index contributed by atoms with van der Waals surface area (Å²) in [6.07, 6.45) is 1.43. The summed E-state index contributed by atoms with van der Waals surface area (Å²) in [5.41, 5.74) is 7.16. The second kappa shape index (κ2) is 2.80. The van der Waals surface area contributed by atoms with E-state index in [1.807, 2.05) is 12.1 Å². The second-order valence-corrected chi connectivity index (χ2v) is 3.53. The molecular weight excluding hydrogens is 166 g/mol. The number of aryl methyl sites for hydroxylation is 1. The third-order valence-corrected chi connectivity index (χ3v) is 2.66. The summed E-state index contributed by atoms with van der Waals surface area (Å²) in [6, 6.07) is 6.73. The maximum atomic E-state index is 9.73. The lowest BCUT2D eigenvalue weighted by Gasteiger charge is -2.34. The summed E-state index contributed by atoms with van der Waals surface area (Å²) in [5.74, 6) is -1.85. The molecule has 1 aromatic carbocycles. The van der Waals surface area contributed by atoms with Gasteiger partial charge in [-0.1, -0.05) is 24.3 Å². The molecule has 13 heavy (non-hydrogen) atoms. The lowest BCUT2D eigenvalue weighted by molar-refractivity contribution is -0.191. The smallest absolute Gasteiger partial charge is 0.205 e. The molecule has 0 heterocycles. The molecule has 2 rings (SSSR count). The first-order valence-corrected chi connectivity index (χ1v) is 4.41. The van der Waals surface area contributed by atoms with Gasteiger partial charge in [-0.25, -0.2) is 0 Å². The Morgan fingerprint density at radius 1 is 1.31 bits per heavy atom. The SMILES string of the molecule is NC1CCc2ccccc2C1(O)O. The number of aliphatic hydroxyl groups is 2. The number of hydrogen-bond acceptors (Lipinski definition) is 3. The van der Waals surface area contributed by atoms with Gasteiger partial charge in [-0.3, -0.25) is 0 Å². The quantitative estimate of drug-likeness (QED) is 0.495. The van der Waals surface area contributed by atoms with Gasteiger partial charge in [0, 0.05) is 5.56 Å². The van der Waals surface area contributed by atoms with E-state index in [9.17, 15) is 10.2 Å². The number of fused-ring (bicyclic) bond motifs is 1. The normalized spacial score (nSPS) is 25.3. The molecule has 0 amide bonds. The van der Waals surface area contributed by atoms with Crippen molar-refractivity contribution in [1.82, 2.24) is 0 Å². The van der Waals surface area contributed by atoms with Crippen molar-refractivity contribution in [2.24, 2.45) is 5.73 Å². The van der Waals surface area contributed by atoms with Crippen LogP contribution in [0.25, 0.3) is 0 Å². The van der Waals surface area contributed by atoms with Crippen LogP contribution in [0.2, 0.25) is 0 Å². The first kappa shape index (κ1) is 8.69. The molecule has 0 radical (unpaired) electrons. The van der Waals surface area contributed by atoms with Crippen LogP contribution in [0, 0.1) is 0 Å². The summed E-state index contributed by atoms with van der Waals surface area (Å²) < 4.78 is 0. The third kappa shape index (κ3) is 1.25. The van der Waals surface area contributed by atoms with Crippen molar-refractivity contribution in [2.45, 2.75) is 24.7 Å². The fourth-order valence-electron chi connectivity index (χ4n) is 1.81. The first-order chi connectivity index (χ1) is 6.12. The average molecular weight is 179 g/mol. The molecule has 0 aromatic heterocycles. The van der Waals surface area contributed by atoms with Crippen LogP contribution >= 0.6 is 0 Å².